The molecule has 2 aliphatic rings. The molecular formula is C29H31ClFN7O2. The zero-order valence-electron chi connectivity index (χ0n) is 22.3. The van der Waals surface area contributed by atoms with Gasteiger partial charge in [-0.2, -0.15) is 0 Å². The molecule has 1 N–H and O–H groups in total. The zero-order valence-corrected chi connectivity index (χ0v) is 23.1. The van der Waals surface area contributed by atoms with Crippen molar-refractivity contribution in [1.29, 1.82) is 0 Å². The fourth-order valence-electron chi connectivity index (χ4n) is 5.42. The summed E-state index contributed by atoms with van der Waals surface area (Å²) in [5, 5.41) is 3.89. The molecular weight excluding hydrogens is 533 g/mol. The van der Waals surface area contributed by atoms with Gasteiger partial charge in [-0.15, -0.1) is 0 Å². The molecule has 5 heterocycles. The summed E-state index contributed by atoms with van der Waals surface area (Å²) >= 11 is 6.40. The maximum atomic E-state index is 14.2. The van der Waals surface area contributed by atoms with E-state index in [1.165, 1.54) is 12.3 Å². The molecule has 2 fully saturated rings. The van der Waals surface area contributed by atoms with Crippen LogP contribution < -0.4 is 15.1 Å². The number of pyridine rings is 2. The van der Waals surface area contributed by atoms with Crippen LogP contribution in [-0.4, -0.2) is 84.2 Å². The molecule has 9 nitrogen and oxygen atoms in total. The number of hydrogen-bond donors (Lipinski definition) is 1. The maximum Gasteiger partial charge on any atom is 0.242 e. The Morgan fingerprint density at radius 3 is 2.48 bits per heavy atom. The number of imidazole rings is 1. The van der Waals surface area contributed by atoms with Gasteiger partial charge in [-0.3, -0.25) is 14.2 Å². The summed E-state index contributed by atoms with van der Waals surface area (Å²) in [6.45, 7) is 7.71. The molecule has 0 saturated carbocycles. The first-order valence-electron chi connectivity index (χ1n) is 13.5. The summed E-state index contributed by atoms with van der Waals surface area (Å²) in [7, 11) is 0. The molecule has 0 aliphatic carbocycles. The number of nitrogens with zero attached hydrogens (tertiary/aromatic N) is 6. The Labute approximate surface area is 237 Å². The molecule has 0 spiro atoms. The van der Waals surface area contributed by atoms with Crippen molar-refractivity contribution < 1.29 is 13.9 Å². The number of nitrogens with one attached hydrogen (secondary N) is 1. The van der Waals surface area contributed by atoms with E-state index >= 15 is 0 Å². The first kappa shape index (κ1) is 26.3. The molecule has 2 aliphatic heterocycles. The lowest BCUT2D eigenvalue weighted by Gasteiger charge is -2.37. The van der Waals surface area contributed by atoms with E-state index in [1.807, 2.05) is 24.0 Å². The molecule has 0 unspecified atom stereocenters. The smallest absolute Gasteiger partial charge is 0.242 e. The summed E-state index contributed by atoms with van der Waals surface area (Å²) in [5.41, 5.74) is 5.25. The van der Waals surface area contributed by atoms with Crippen LogP contribution in [-0.2, 0) is 9.53 Å². The average molecular weight is 564 g/mol. The molecule has 0 atom stereocenters. The van der Waals surface area contributed by atoms with Gasteiger partial charge in [0.2, 0.25) is 5.91 Å². The number of amides is 1. The van der Waals surface area contributed by atoms with E-state index in [9.17, 15) is 9.18 Å². The van der Waals surface area contributed by atoms with Gasteiger partial charge in [0, 0.05) is 69.1 Å². The number of fused-ring (bicyclic) bond motifs is 1. The van der Waals surface area contributed by atoms with Crippen molar-refractivity contribution in [3.05, 3.63) is 71.4 Å². The molecule has 40 heavy (non-hydrogen) atoms. The van der Waals surface area contributed by atoms with Gasteiger partial charge in [0.25, 0.3) is 0 Å². The van der Waals surface area contributed by atoms with Gasteiger partial charge in [-0.25, -0.2) is 9.37 Å². The Hall–Kier alpha value is -3.89. The van der Waals surface area contributed by atoms with Crippen LogP contribution in [0, 0.1) is 12.7 Å². The second-order valence-corrected chi connectivity index (χ2v) is 10.4. The Bertz CT molecular complexity index is 1490. The van der Waals surface area contributed by atoms with Crippen LogP contribution in [0.15, 0.2) is 55.0 Å². The molecule has 2 saturated heterocycles. The first-order valence-corrected chi connectivity index (χ1v) is 13.8. The van der Waals surface area contributed by atoms with Crippen molar-refractivity contribution in [1.82, 2.24) is 19.3 Å². The first-order chi connectivity index (χ1) is 19.5. The number of benzene rings is 1. The van der Waals surface area contributed by atoms with Crippen LogP contribution >= 0.6 is 11.6 Å². The van der Waals surface area contributed by atoms with Crippen molar-refractivity contribution in [3.63, 3.8) is 0 Å². The lowest BCUT2D eigenvalue weighted by atomic mass is 10.1. The standard InChI is InChI=1S/C29H31ClFN7O2/c1-20-16-32-17-24(30)28(20)37-10-8-36(9-11-37)26(39)18-33-29-27(34-25-7-4-22(31)19-38(25)29)21-2-5-23(6-3-21)35-12-14-40-15-13-35/h2-7,16-17,19,33H,8-15,18H2,1H3. The lowest BCUT2D eigenvalue weighted by molar-refractivity contribution is -0.129. The Morgan fingerprint density at radius 1 is 1.00 bits per heavy atom. The second kappa shape index (κ2) is 11.3. The van der Waals surface area contributed by atoms with Crippen LogP contribution in [0.25, 0.3) is 16.9 Å². The number of carbonyl (C=O) groups excluding carboxylic acids is 1. The molecule has 1 amide bonds. The van der Waals surface area contributed by atoms with E-state index in [2.05, 4.69) is 32.2 Å². The molecule has 0 radical (unpaired) electrons. The van der Waals surface area contributed by atoms with Crippen LogP contribution in [0.4, 0.5) is 21.6 Å². The normalized spacial score (nSPS) is 16.0. The van der Waals surface area contributed by atoms with Crippen LogP contribution in [0.3, 0.4) is 0 Å². The van der Waals surface area contributed by atoms with E-state index in [4.69, 9.17) is 21.3 Å². The van der Waals surface area contributed by atoms with E-state index in [0.29, 0.717) is 61.6 Å². The summed E-state index contributed by atoms with van der Waals surface area (Å²) in [4.78, 5) is 28.5. The quantitative estimate of drug-likeness (QED) is 0.378. The number of piperazine rings is 1. The highest BCUT2D eigenvalue weighted by Crippen LogP contribution is 2.31. The number of halogens is 2. The third-order valence-electron chi connectivity index (χ3n) is 7.51. The van der Waals surface area contributed by atoms with E-state index in [0.717, 1.165) is 35.6 Å². The monoisotopic (exact) mass is 563 g/mol. The second-order valence-electron chi connectivity index (χ2n) is 10.0. The van der Waals surface area contributed by atoms with Gasteiger partial charge in [0.05, 0.1) is 30.5 Å². The number of anilines is 3. The number of hydrogen-bond acceptors (Lipinski definition) is 7. The summed E-state index contributed by atoms with van der Waals surface area (Å²) in [6.07, 6.45) is 4.84. The minimum atomic E-state index is -0.380. The van der Waals surface area contributed by atoms with Gasteiger partial charge >= 0.3 is 0 Å². The molecule has 6 rings (SSSR count). The fraction of sp³-hybridized carbons (Fsp3) is 0.345. The predicted octanol–water partition coefficient (Wildman–Crippen LogP) is 4.09. The minimum Gasteiger partial charge on any atom is -0.378 e. The van der Waals surface area contributed by atoms with E-state index in [1.54, 1.807) is 22.9 Å². The highest BCUT2D eigenvalue weighted by atomic mass is 35.5. The van der Waals surface area contributed by atoms with Crippen molar-refractivity contribution >= 4 is 40.3 Å². The highest BCUT2D eigenvalue weighted by Gasteiger charge is 2.24. The van der Waals surface area contributed by atoms with Crippen molar-refractivity contribution in [2.24, 2.45) is 0 Å². The lowest BCUT2D eigenvalue weighted by Crippen LogP contribution is -2.50. The molecule has 4 aromatic rings. The van der Waals surface area contributed by atoms with Crippen molar-refractivity contribution in [2.75, 3.05) is 74.1 Å². The number of carbonyl (C=O) groups is 1. The fourth-order valence-corrected chi connectivity index (χ4v) is 5.74. The molecule has 11 heteroatoms. The summed E-state index contributed by atoms with van der Waals surface area (Å²) in [5.74, 6) is 0.173. The molecule has 1 aromatic carbocycles. The molecule has 3 aromatic heterocycles. The SMILES string of the molecule is Cc1cncc(Cl)c1N1CCN(C(=O)CNc2c(-c3ccc(N4CCOCC4)cc3)nc3ccc(F)cn23)CC1. The van der Waals surface area contributed by atoms with Crippen LogP contribution in [0.1, 0.15) is 5.56 Å². The van der Waals surface area contributed by atoms with Crippen LogP contribution in [0.5, 0.6) is 0 Å². The predicted molar refractivity (Wildman–Crippen MR) is 155 cm³/mol. The Kier molecular flexibility index (Phi) is 7.44. The number of rotatable bonds is 6. The molecule has 208 valence electrons. The largest absolute Gasteiger partial charge is 0.378 e. The van der Waals surface area contributed by atoms with E-state index in [-0.39, 0.29) is 18.3 Å². The van der Waals surface area contributed by atoms with Gasteiger partial charge in [0.15, 0.2) is 0 Å². The average Bonchev–Trinajstić information content (AvgIpc) is 3.34. The topological polar surface area (TPSA) is 78.2 Å². The summed E-state index contributed by atoms with van der Waals surface area (Å²) < 4.78 is 21.4. The van der Waals surface area contributed by atoms with Gasteiger partial charge in [0.1, 0.15) is 23.0 Å². The van der Waals surface area contributed by atoms with Gasteiger partial charge < -0.3 is 24.8 Å². The highest BCUT2D eigenvalue weighted by molar-refractivity contribution is 6.33. The Morgan fingerprint density at radius 2 is 1.75 bits per heavy atom. The number of morpholine rings is 1. The van der Waals surface area contributed by atoms with Gasteiger partial charge in [-0.05, 0) is 36.8 Å². The Balaban J connectivity index is 1.17. The minimum absolute atomic E-state index is 0.0304. The van der Waals surface area contributed by atoms with Crippen molar-refractivity contribution in [2.45, 2.75) is 6.92 Å². The van der Waals surface area contributed by atoms with Crippen molar-refractivity contribution in [3.8, 4) is 11.3 Å². The van der Waals surface area contributed by atoms with Crippen LogP contribution in [0.2, 0.25) is 5.02 Å². The molecule has 0 bridgehead atoms. The number of aromatic nitrogens is 3. The van der Waals surface area contributed by atoms with Gasteiger partial charge in [-0.1, -0.05) is 23.7 Å². The third-order valence-corrected chi connectivity index (χ3v) is 7.79. The third kappa shape index (κ3) is 5.29. The number of ether oxygens (including phenoxy) is 1. The van der Waals surface area contributed by atoms with E-state index < -0.39 is 0 Å². The zero-order chi connectivity index (χ0) is 27.6. The number of aryl methyl sites for hydroxylation is 1. The maximum absolute atomic E-state index is 14.2. The summed E-state index contributed by atoms with van der Waals surface area (Å²) in [6, 6.07) is 11.2.